The van der Waals surface area contributed by atoms with Crippen molar-refractivity contribution in [3.63, 3.8) is 0 Å². The molecule has 0 unspecified atom stereocenters. The SMILES string of the molecule is N#Cc1c(-c2ccc(Cl)cc2Cl)[nH]n2c(=O)c(Oc3ccc(Br)cc3)cnc12. The number of nitriles is 1. The zero-order chi connectivity index (χ0) is 19.8. The smallest absolute Gasteiger partial charge is 0.315 e. The maximum absolute atomic E-state index is 12.8. The first-order chi connectivity index (χ1) is 13.5. The first-order valence-electron chi connectivity index (χ1n) is 7.90. The molecular weight excluding hydrogens is 467 g/mol. The van der Waals surface area contributed by atoms with Crippen LogP contribution in [0.25, 0.3) is 16.9 Å². The molecule has 4 rings (SSSR count). The molecule has 0 fully saturated rings. The molecule has 0 saturated heterocycles. The molecule has 0 amide bonds. The Bertz CT molecular complexity index is 1310. The van der Waals surface area contributed by atoms with E-state index in [1.165, 1.54) is 6.20 Å². The Hall–Kier alpha value is -2.79. The van der Waals surface area contributed by atoms with Gasteiger partial charge in [0.2, 0.25) is 5.75 Å². The summed E-state index contributed by atoms with van der Waals surface area (Å²) in [7, 11) is 0. The van der Waals surface area contributed by atoms with Crippen molar-refractivity contribution in [1.29, 1.82) is 5.26 Å². The van der Waals surface area contributed by atoms with Crippen molar-refractivity contribution in [3.05, 3.63) is 79.1 Å². The Morgan fingerprint density at radius 3 is 2.61 bits per heavy atom. The number of nitrogens with zero attached hydrogens (tertiary/aromatic N) is 3. The van der Waals surface area contributed by atoms with Crippen LogP contribution in [0.1, 0.15) is 5.56 Å². The molecule has 0 bridgehead atoms. The Morgan fingerprint density at radius 2 is 1.93 bits per heavy atom. The summed E-state index contributed by atoms with van der Waals surface area (Å²) in [4.78, 5) is 17.1. The highest BCUT2D eigenvalue weighted by atomic mass is 79.9. The second-order valence-electron chi connectivity index (χ2n) is 5.74. The van der Waals surface area contributed by atoms with Crippen molar-refractivity contribution in [2.24, 2.45) is 0 Å². The van der Waals surface area contributed by atoms with Gasteiger partial charge in [-0.3, -0.25) is 9.89 Å². The van der Waals surface area contributed by atoms with Crippen LogP contribution in [0.2, 0.25) is 10.0 Å². The molecule has 4 aromatic rings. The number of halogens is 3. The monoisotopic (exact) mass is 474 g/mol. The molecule has 0 saturated carbocycles. The fourth-order valence-electron chi connectivity index (χ4n) is 2.69. The minimum Gasteiger partial charge on any atom is -0.450 e. The number of benzene rings is 2. The fraction of sp³-hybridized carbons (Fsp3) is 0. The number of rotatable bonds is 3. The Kier molecular flexibility index (Phi) is 4.85. The summed E-state index contributed by atoms with van der Waals surface area (Å²) in [5.41, 5.74) is 0.784. The van der Waals surface area contributed by atoms with Crippen molar-refractivity contribution < 1.29 is 4.74 Å². The fourth-order valence-corrected chi connectivity index (χ4v) is 3.46. The zero-order valence-electron chi connectivity index (χ0n) is 13.9. The molecule has 2 heterocycles. The molecule has 0 aliphatic carbocycles. The summed E-state index contributed by atoms with van der Waals surface area (Å²) in [6.07, 6.45) is 1.29. The minimum atomic E-state index is -0.485. The van der Waals surface area contributed by atoms with E-state index in [1.807, 2.05) is 0 Å². The third-order valence-electron chi connectivity index (χ3n) is 3.98. The highest BCUT2D eigenvalue weighted by Crippen LogP contribution is 2.32. The van der Waals surface area contributed by atoms with Gasteiger partial charge in [-0.15, -0.1) is 0 Å². The van der Waals surface area contributed by atoms with Crippen molar-refractivity contribution in [2.75, 3.05) is 0 Å². The summed E-state index contributed by atoms with van der Waals surface area (Å²) in [6.45, 7) is 0. The average molecular weight is 476 g/mol. The predicted octanol–water partition coefficient (Wildman–Crippen LogP) is 5.42. The number of hydrogen-bond acceptors (Lipinski definition) is 4. The van der Waals surface area contributed by atoms with Gasteiger partial charge in [0, 0.05) is 15.1 Å². The van der Waals surface area contributed by atoms with Gasteiger partial charge in [-0.2, -0.15) is 9.78 Å². The Morgan fingerprint density at radius 1 is 1.18 bits per heavy atom. The second kappa shape index (κ2) is 7.32. The summed E-state index contributed by atoms with van der Waals surface area (Å²) >= 11 is 15.5. The average Bonchev–Trinajstić information content (AvgIpc) is 3.05. The maximum atomic E-state index is 12.8. The Balaban J connectivity index is 1.86. The van der Waals surface area contributed by atoms with E-state index in [0.29, 0.717) is 27.1 Å². The van der Waals surface area contributed by atoms with Gasteiger partial charge < -0.3 is 4.74 Å². The van der Waals surface area contributed by atoms with Gasteiger partial charge in [-0.25, -0.2) is 4.98 Å². The predicted molar refractivity (Wildman–Crippen MR) is 110 cm³/mol. The normalized spacial score (nSPS) is 10.8. The van der Waals surface area contributed by atoms with Gasteiger partial charge >= 0.3 is 5.56 Å². The number of aromatic amines is 1. The first kappa shape index (κ1) is 18.6. The molecule has 0 spiro atoms. The van der Waals surface area contributed by atoms with Crippen molar-refractivity contribution >= 4 is 44.8 Å². The second-order valence-corrected chi connectivity index (χ2v) is 7.50. The van der Waals surface area contributed by atoms with Gasteiger partial charge in [0.05, 0.1) is 16.9 Å². The number of nitrogens with one attached hydrogen (secondary N) is 1. The first-order valence-corrected chi connectivity index (χ1v) is 9.45. The molecule has 2 aromatic heterocycles. The van der Waals surface area contributed by atoms with Crippen LogP contribution in [0.5, 0.6) is 11.5 Å². The van der Waals surface area contributed by atoms with Crippen LogP contribution in [-0.4, -0.2) is 14.6 Å². The lowest BCUT2D eigenvalue weighted by Gasteiger charge is -2.04. The van der Waals surface area contributed by atoms with Crippen molar-refractivity contribution in [1.82, 2.24) is 14.6 Å². The van der Waals surface area contributed by atoms with E-state index in [4.69, 9.17) is 27.9 Å². The highest BCUT2D eigenvalue weighted by molar-refractivity contribution is 9.10. The summed E-state index contributed by atoms with van der Waals surface area (Å²) < 4.78 is 7.68. The zero-order valence-corrected chi connectivity index (χ0v) is 17.0. The van der Waals surface area contributed by atoms with Crippen LogP contribution < -0.4 is 10.3 Å². The van der Waals surface area contributed by atoms with Gasteiger partial charge in [-0.1, -0.05) is 39.1 Å². The largest absolute Gasteiger partial charge is 0.450 e. The molecule has 6 nitrogen and oxygen atoms in total. The maximum Gasteiger partial charge on any atom is 0.315 e. The van der Waals surface area contributed by atoms with E-state index < -0.39 is 5.56 Å². The molecule has 138 valence electrons. The van der Waals surface area contributed by atoms with E-state index >= 15 is 0 Å². The van der Waals surface area contributed by atoms with Crippen LogP contribution in [0.3, 0.4) is 0 Å². The van der Waals surface area contributed by atoms with Crippen LogP contribution in [0, 0.1) is 11.3 Å². The molecule has 0 aliphatic heterocycles. The molecule has 9 heteroatoms. The minimum absolute atomic E-state index is 0.0133. The summed E-state index contributed by atoms with van der Waals surface area (Å²) in [5, 5.41) is 13.3. The highest BCUT2D eigenvalue weighted by Gasteiger charge is 2.19. The molecule has 28 heavy (non-hydrogen) atoms. The van der Waals surface area contributed by atoms with E-state index in [-0.39, 0.29) is 17.0 Å². The van der Waals surface area contributed by atoms with E-state index in [9.17, 15) is 10.1 Å². The van der Waals surface area contributed by atoms with Gasteiger partial charge in [0.25, 0.3) is 0 Å². The lowest BCUT2D eigenvalue weighted by molar-refractivity contribution is 0.469. The molecule has 0 atom stereocenters. The molecule has 1 N–H and O–H groups in total. The lowest BCUT2D eigenvalue weighted by Crippen LogP contribution is -2.16. The van der Waals surface area contributed by atoms with Gasteiger partial charge in [0.15, 0.2) is 5.65 Å². The molecular formula is C19H9BrCl2N4O2. The number of fused-ring (bicyclic) bond motifs is 1. The number of aromatic nitrogens is 3. The van der Waals surface area contributed by atoms with E-state index in [1.54, 1.807) is 42.5 Å². The van der Waals surface area contributed by atoms with Crippen LogP contribution in [-0.2, 0) is 0 Å². The van der Waals surface area contributed by atoms with Crippen LogP contribution in [0.15, 0.2) is 57.9 Å². The summed E-state index contributed by atoms with van der Waals surface area (Å²) in [5.74, 6) is 0.495. The lowest BCUT2D eigenvalue weighted by atomic mass is 10.1. The van der Waals surface area contributed by atoms with Crippen LogP contribution in [0.4, 0.5) is 0 Å². The summed E-state index contributed by atoms with van der Waals surface area (Å²) in [6, 6.07) is 14.0. The molecule has 0 radical (unpaired) electrons. The molecule has 2 aromatic carbocycles. The van der Waals surface area contributed by atoms with Crippen molar-refractivity contribution in [2.45, 2.75) is 0 Å². The standard InChI is InChI=1S/C19H9BrCl2N4O2/c20-10-1-4-12(5-2-10)28-16-9-24-18-14(8-23)17(25-26(18)19(16)27)13-6-3-11(21)7-15(13)22/h1-7,9,25H. The third-order valence-corrected chi connectivity index (χ3v) is 5.06. The van der Waals surface area contributed by atoms with Crippen LogP contribution >= 0.6 is 39.1 Å². The molecule has 0 aliphatic rings. The number of hydrogen-bond donors (Lipinski definition) is 1. The number of ether oxygens (including phenoxy) is 1. The number of H-pyrrole nitrogens is 1. The quantitative estimate of drug-likeness (QED) is 0.428. The Labute approximate surface area is 177 Å². The van der Waals surface area contributed by atoms with Gasteiger partial charge in [-0.05, 0) is 42.5 Å². The third kappa shape index (κ3) is 3.27. The van der Waals surface area contributed by atoms with E-state index in [2.05, 4.69) is 32.1 Å². The van der Waals surface area contributed by atoms with E-state index in [0.717, 1.165) is 8.99 Å². The topological polar surface area (TPSA) is 83.2 Å². The van der Waals surface area contributed by atoms with Crippen molar-refractivity contribution in [3.8, 4) is 28.8 Å². The van der Waals surface area contributed by atoms with Gasteiger partial charge in [0.1, 0.15) is 17.4 Å².